The first kappa shape index (κ1) is 17.4. The molecule has 0 spiro atoms. The van der Waals surface area contributed by atoms with Gasteiger partial charge in [0.2, 0.25) is 5.88 Å². The van der Waals surface area contributed by atoms with Crippen molar-refractivity contribution in [3.05, 3.63) is 40.9 Å². The van der Waals surface area contributed by atoms with E-state index in [1.165, 1.54) is 18.5 Å². The van der Waals surface area contributed by atoms with E-state index in [0.29, 0.717) is 12.0 Å². The average Bonchev–Trinajstić information content (AvgIpc) is 2.43. The van der Waals surface area contributed by atoms with Crippen LogP contribution in [0.25, 0.3) is 0 Å². The van der Waals surface area contributed by atoms with Gasteiger partial charge in [0, 0.05) is 17.7 Å². The van der Waals surface area contributed by atoms with Gasteiger partial charge in [-0.2, -0.15) is 0 Å². The standard InChI is InChI=1S/C13H14ClFN4O.ClH/c1-2-9(16)7-3-4-8(14)13(12(7)15)20-11-5-10(17)18-6-19-11;/h3-6,9H,2,16H2,1H3,(H2,17,18,19);1H/t9-;/m1./s1. The molecular weight excluding hydrogens is 318 g/mol. The van der Waals surface area contributed by atoms with E-state index in [2.05, 4.69) is 9.97 Å². The summed E-state index contributed by atoms with van der Waals surface area (Å²) in [6, 6.07) is 4.04. The molecule has 0 unspecified atom stereocenters. The number of anilines is 1. The van der Waals surface area contributed by atoms with Gasteiger partial charge in [-0.05, 0) is 12.5 Å². The Morgan fingerprint density at radius 2 is 2.10 bits per heavy atom. The predicted octanol–water partition coefficient (Wildman–Crippen LogP) is 3.48. The van der Waals surface area contributed by atoms with Crippen molar-refractivity contribution in [1.82, 2.24) is 9.97 Å². The summed E-state index contributed by atoms with van der Waals surface area (Å²) in [6.07, 6.45) is 1.82. The summed E-state index contributed by atoms with van der Waals surface area (Å²) >= 11 is 5.96. The SMILES string of the molecule is CC[C@@H](N)c1ccc(Cl)c(Oc2cc(N)ncn2)c1F.Cl. The lowest BCUT2D eigenvalue weighted by molar-refractivity contribution is 0.420. The Hall–Kier alpha value is -1.63. The first-order chi connectivity index (χ1) is 9.52. The monoisotopic (exact) mass is 332 g/mol. The molecule has 0 saturated heterocycles. The van der Waals surface area contributed by atoms with Gasteiger partial charge in [0.25, 0.3) is 0 Å². The third-order valence-corrected chi connectivity index (χ3v) is 3.09. The molecule has 1 aromatic heterocycles. The van der Waals surface area contributed by atoms with Crippen molar-refractivity contribution in [3.63, 3.8) is 0 Å². The van der Waals surface area contributed by atoms with Gasteiger partial charge in [-0.25, -0.2) is 14.4 Å². The summed E-state index contributed by atoms with van der Waals surface area (Å²) < 4.78 is 19.8. The van der Waals surface area contributed by atoms with Crippen LogP contribution in [0.3, 0.4) is 0 Å². The van der Waals surface area contributed by atoms with E-state index < -0.39 is 11.9 Å². The fourth-order valence-corrected chi connectivity index (χ4v) is 1.85. The zero-order chi connectivity index (χ0) is 14.7. The second kappa shape index (κ2) is 7.40. The number of aromatic nitrogens is 2. The van der Waals surface area contributed by atoms with Crippen LogP contribution in [0.15, 0.2) is 24.5 Å². The van der Waals surface area contributed by atoms with Crippen LogP contribution < -0.4 is 16.2 Å². The molecule has 0 aliphatic rings. The number of nitrogen functional groups attached to an aromatic ring is 1. The second-order valence-corrected chi connectivity index (χ2v) is 4.58. The lowest BCUT2D eigenvalue weighted by atomic mass is 10.0. The Bertz CT molecular complexity index is 627. The van der Waals surface area contributed by atoms with Crippen molar-refractivity contribution < 1.29 is 9.13 Å². The van der Waals surface area contributed by atoms with Crippen LogP contribution in [0.2, 0.25) is 5.02 Å². The summed E-state index contributed by atoms with van der Waals surface area (Å²) in [5.74, 6) is -0.385. The lowest BCUT2D eigenvalue weighted by Gasteiger charge is -2.14. The Labute approximate surface area is 132 Å². The van der Waals surface area contributed by atoms with Crippen LogP contribution in [0, 0.1) is 5.82 Å². The fraction of sp³-hybridized carbons (Fsp3) is 0.231. The Morgan fingerprint density at radius 1 is 1.38 bits per heavy atom. The summed E-state index contributed by atoms with van der Waals surface area (Å²) in [5.41, 5.74) is 11.7. The maximum atomic E-state index is 14.4. The molecule has 0 radical (unpaired) electrons. The van der Waals surface area contributed by atoms with Gasteiger partial charge in [0.05, 0.1) is 5.02 Å². The van der Waals surface area contributed by atoms with Crippen molar-refractivity contribution in [2.75, 3.05) is 5.73 Å². The summed E-state index contributed by atoms with van der Waals surface area (Å²) in [7, 11) is 0. The van der Waals surface area contributed by atoms with Crippen molar-refractivity contribution >= 4 is 29.8 Å². The zero-order valence-electron chi connectivity index (χ0n) is 11.2. The van der Waals surface area contributed by atoms with Crippen molar-refractivity contribution in [2.45, 2.75) is 19.4 Å². The number of rotatable bonds is 4. The lowest BCUT2D eigenvalue weighted by Crippen LogP contribution is -2.11. The molecular formula is C13H15Cl2FN4O. The second-order valence-electron chi connectivity index (χ2n) is 4.18. The quantitative estimate of drug-likeness (QED) is 0.894. The van der Waals surface area contributed by atoms with Crippen molar-refractivity contribution in [1.29, 1.82) is 0 Å². The first-order valence-electron chi connectivity index (χ1n) is 6.01. The highest BCUT2D eigenvalue weighted by atomic mass is 35.5. The number of hydrogen-bond donors (Lipinski definition) is 2. The number of nitrogens with two attached hydrogens (primary N) is 2. The number of nitrogens with zero attached hydrogens (tertiary/aromatic N) is 2. The molecule has 21 heavy (non-hydrogen) atoms. The van der Waals surface area contributed by atoms with E-state index in [4.69, 9.17) is 27.8 Å². The van der Waals surface area contributed by atoms with Gasteiger partial charge < -0.3 is 16.2 Å². The van der Waals surface area contributed by atoms with Crippen LogP contribution >= 0.6 is 24.0 Å². The smallest absolute Gasteiger partial charge is 0.224 e. The highest BCUT2D eigenvalue weighted by Crippen LogP contribution is 2.35. The average molecular weight is 333 g/mol. The van der Waals surface area contributed by atoms with E-state index in [1.807, 2.05) is 6.92 Å². The maximum Gasteiger partial charge on any atom is 0.224 e. The highest BCUT2D eigenvalue weighted by Gasteiger charge is 2.18. The fourth-order valence-electron chi connectivity index (χ4n) is 1.66. The number of halogens is 3. The van der Waals surface area contributed by atoms with Gasteiger partial charge in [-0.3, -0.25) is 0 Å². The zero-order valence-corrected chi connectivity index (χ0v) is 12.8. The van der Waals surface area contributed by atoms with Gasteiger partial charge in [-0.1, -0.05) is 24.6 Å². The Balaban J connectivity index is 0.00000220. The van der Waals surface area contributed by atoms with Crippen LogP contribution in [-0.4, -0.2) is 9.97 Å². The van der Waals surface area contributed by atoms with Crippen LogP contribution in [-0.2, 0) is 0 Å². The molecule has 1 aromatic carbocycles. The normalized spacial score (nSPS) is 11.6. The minimum atomic E-state index is -0.593. The molecule has 1 atom stereocenters. The highest BCUT2D eigenvalue weighted by molar-refractivity contribution is 6.32. The largest absolute Gasteiger partial charge is 0.434 e. The summed E-state index contributed by atoms with van der Waals surface area (Å²) in [6.45, 7) is 1.87. The van der Waals surface area contributed by atoms with Gasteiger partial charge >= 0.3 is 0 Å². The number of hydrogen-bond acceptors (Lipinski definition) is 5. The van der Waals surface area contributed by atoms with E-state index in [-0.39, 0.29) is 34.9 Å². The molecule has 5 nitrogen and oxygen atoms in total. The molecule has 8 heteroatoms. The van der Waals surface area contributed by atoms with Crippen molar-refractivity contribution in [3.8, 4) is 11.6 Å². The third kappa shape index (κ3) is 3.93. The van der Waals surface area contributed by atoms with E-state index in [1.54, 1.807) is 6.07 Å². The molecule has 0 aliphatic heterocycles. The first-order valence-corrected chi connectivity index (χ1v) is 6.39. The molecule has 2 aromatic rings. The Kier molecular flexibility index (Phi) is 6.14. The van der Waals surface area contributed by atoms with Gasteiger partial charge in [-0.15, -0.1) is 12.4 Å². The molecule has 114 valence electrons. The molecule has 2 rings (SSSR count). The molecule has 0 saturated carbocycles. The van der Waals surface area contributed by atoms with Crippen molar-refractivity contribution in [2.24, 2.45) is 5.73 Å². The van der Waals surface area contributed by atoms with E-state index >= 15 is 0 Å². The number of benzene rings is 1. The molecule has 0 bridgehead atoms. The van der Waals surface area contributed by atoms with E-state index in [0.717, 1.165) is 0 Å². The minimum absolute atomic E-state index is 0. The van der Waals surface area contributed by atoms with E-state index in [9.17, 15) is 4.39 Å². The molecule has 0 aliphatic carbocycles. The third-order valence-electron chi connectivity index (χ3n) is 2.79. The molecule has 0 amide bonds. The maximum absolute atomic E-state index is 14.4. The molecule has 0 fully saturated rings. The molecule has 4 N–H and O–H groups in total. The van der Waals surface area contributed by atoms with Crippen LogP contribution in [0.5, 0.6) is 11.6 Å². The number of ether oxygens (including phenoxy) is 1. The minimum Gasteiger partial charge on any atom is -0.434 e. The van der Waals surface area contributed by atoms with Gasteiger partial charge in [0.15, 0.2) is 11.6 Å². The summed E-state index contributed by atoms with van der Waals surface area (Å²) in [4.78, 5) is 7.57. The summed E-state index contributed by atoms with van der Waals surface area (Å²) in [5, 5.41) is 0.131. The van der Waals surface area contributed by atoms with Gasteiger partial charge in [0.1, 0.15) is 12.1 Å². The topological polar surface area (TPSA) is 87.0 Å². The molecule has 1 heterocycles. The van der Waals surface area contributed by atoms with Crippen LogP contribution in [0.4, 0.5) is 10.2 Å². The predicted molar refractivity (Wildman–Crippen MR) is 82.4 cm³/mol. The van der Waals surface area contributed by atoms with Crippen LogP contribution in [0.1, 0.15) is 24.9 Å². The Morgan fingerprint density at radius 3 is 2.71 bits per heavy atom.